The number of aromatic nitrogens is 1. The van der Waals surface area contributed by atoms with Crippen LogP contribution < -0.4 is 20.5 Å². The first kappa shape index (κ1) is 24.2. The molecule has 0 spiro atoms. The number of oxazole rings is 1. The number of rotatable bonds is 10. The van der Waals surface area contributed by atoms with Crippen molar-refractivity contribution in [2.24, 2.45) is 5.73 Å². The first-order valence-electron chi connectivity index (χ1n) is 10.6. The van der Waals surface area contributed by atoms with E-state index >= 15 is 0 Å². The molecule has 0 aliphatic heterocycles. The van der Waals surface area contributed by atoms with Gasteiger partial charge in [-0.25, -0.2) is 13.8 Å². The quantitative estimate of drug-likeness (QED) is 0.424. The Labute approximate surface area is 190 Å². The molecule has 7 nitrogen and oxygen atoms in total. The number of halogens is 2. The average Bonchev–Trinajstić information content (AvgIpc) is 3.24. The number of nitrogens with zero attached hydrogens (tertiary/aromatic N) is 1. The summed E-state index contributed by atoms with van der Waals surface area (Å²) in [4.78, 5) is 17.1. The van der Waals surface area contributed by atoms with Crippen LogP contribution in [0.1, 0.15) is 54.5 Å². The predicted molar refractivity (Wildman–Crippen MR) is 119 cm³/mol. The Balaban J connectivity index is 1.85. The third-order valence-corrected chi connectivity index (χ3v) is 4.90. The maximum Gasteiger partial charge on any atom is 0.273 e. The van der Waals surface area contributed by atoms with Gasteiger partial charge < -0.3 is 24.9 Å². The molecule has 33 heavy (non-hydrogen) atoms. The summed E-state index contributed by atoms with van der Waals surface area (Å²) in [7, 11) is 1.55. The highest BCUT2D eigenvalue weighted by Crippen LogP contribution is 2.34. The Morgan fingerprint density at radius 3 is 2.67 bits per heavy atom. The lowest BCUT2D eigenvalue weighted by Crippen LogP contribution is -2.25. The normalized spacial score (nSPS) is 11.8. The zero-order valence-electron chi connectivity index (χ0n) is 18.8. The molecular weight excluding hydrogens is 432 g/mol. The summed E-state index contributed by atoms with van der Waals surface area (Å²) in [6, 6.07) is 7.71. The van der Waals surface area contributed by atoms with Gasteiger partial charge in [0.1, 0.15) is 11.6 Å². The van der Waals surface area contributed by atoms with Crippen molar-refractivity contribution in [3.63, 3.8) is 0 Å². The van der Waals surface area contributed by atoms with Crippen molar-refractivity contribution in [1.29, 1.82) is 0 Å². The maximum atomic E-state index is 13.9. The van der Waals surface area contributed by atoms with E-state index in [1.54, 1.807) is 32.2 Å². The molecule has 9 heteroatoms. The average molecular weight is 459 g/mol. The molecule has 2 aromatic carbocycles. The van der Waals surface area contributed by atoms with Gasteiger partial charge in [-0.1, -0.05) is 19.4 Å². The lowest BCUT2D eigenvalue weighted by Gasteiger charge is -2.11. The standard InChI is InChI=1S/C24H27F2N3O4/c1-4-5-10-32-20-11-15(7-9-19(20)31-3)24-29-21(22(33-24)14(2)27)23(30)28-13-16-6-8-17(25)12-18(16)26/h6-9,11-12,14H,4-5,10,13,27H2,1-3H3,(H,28,30)/t14-/m0/s1. The summed E-state index contributed by atoms with van der Waals surface area (Å²) in [6.07, 6.45) is 1.87. The van der Waals surface area contributed by atoms with E-state index in [9.17, 15) is 13.6 Å². The monoisotopic (exact) mass is 459 g/mol. The lowest BCUT2D eigenvalue weighted by molar-refractivity contribution is 0.0943. The van der Waals surface area contributed by atoms with Crippen molar-refractivity contribution in [2.45, 2.75) is 39.3 Å². The fraction of sp³-hybridized carbons (Fsp3) is 0.333. The van der Waals surface area contributed by atoms with Gasteiger partial charge in [-0.05, 0) is 37.6 Å². The summed E-state index contributed by atoms with van der Waals surface area (Å²) < 4.78 is 43.9. The van der Waals surface area contributed by atoms with E-state index in [0.717, 1.165) is 25.0 Å². The molecular formula is C24H27F2N3O4. The largest absolute Gasteiger partial charge is 0.493 e. The van der Waals surface area contributed by atoms with Crippen molar-refractivity contribution in [3.05, 3.63) is 65.1 Å². The highest BCUT2D eigenvalue weighted by atomic mass is 19.1. The molecule has 3 rings (SSSR count). The Morgan fingerprint density at radius 1 is 1.21 bits per heavy atom. The molecule has 0 fully saturated rings. The zero-order valence-corrected chi connectivity index (χ0v) is 18.8. The minimum absolute atomic E-state index is 0.00760. The van der Waals surface area contributed by atoms with Gasteiger partial charge >= 0.3 is 0 Å². The molecule has 0 aliphatic carbocycles. The van der Waals surface area contributed by atoms with Gasteiger partial charge in [0, 0.05) is 23.7 Å². The van der Waals surface area contributed by atoms with Crippen molar-refractivity contribution in [3.8, 4) is 23.0 Å². The van der Waals surface area contributed by atoms with Crippen LogP contribution in [0.4, 0.5) is 8.78 Å². The summed E-state index contributed by atoms with van der Waals surface area (Å²) >= 11 is 0. The van der Waals surface area contributed by atoms with E-state index in [1.165, 1.54) is 6.07 Å². The van der Waals surface area contributed by atoms with Gasteiger partial charge in [0.25, 0.3) is 5.91 Å². The number of amides is 1. The second-order valence-corrected chi connectivity index (χ2v) is 7.51. The van der Waals surface area contributed by atoms with Gasteiger partial charge in [0.15, 0.2) is 23.0 Å². The Hall–Kier alpha value is -3.46. The number of hydrogen-bond acceptors (Lipinski definition) is 6. The molecule has 1 amide bonds. The van der Waals surface area contributed by atoms with Crippen LogP contribution >= 0.6 is 0 Å². The second kappa shape index (κ2) is 10.9. The predicted octanol–water partition coefficient (Wildman–Crippen LogP) is 4.76. The van der Waals surface area contributed by atoms with Crippen LogP contribution in [-0.2, 0) is 6.54 Å². The smallest absolute Gasteiger partial charge is 0.273 e. The van der Waals surface area contributed by atoms with E-state index in [2.05, 4.69) is 17.2 Å². The first-order valence-corrected chi connectivity index (χ1v) is 10.6. The summed E-state index contributed by atoms with van der Waals surface area (Å²) in [5.74, 6) is -0.573. The zero-order chi connectivity index (χ0) is 24.0. The number of methoxy groups -OCH3 is 1. The minimum atomic E-state index is -0.752. The molecule has 0 saturated heterocycles. The van der Waals surface area contributed by atoms with Crippen molar-refractivity contribution < 1.29 is 27.5 Å². The molecule has 0 aliphatic rings. The number of nitrogens with one attached hydrogen (secondary N) is 1. The number of unbranched alkanes of at least 4 members (excludes halogenated alkanes) is 1. The first-order chi connectivity index (χ1) is 15.8. The fourth-order valence-corrected chi connectivity index (χ4v) is 3.10. The minimum Gasteiger partial charge on any atom is -0.493 e. The molecule has 1 aromatic heterocycles. The van der Waals surface area contributed by atoms with Crippen LogP contribution in [0.5, 0.6) is 11.5 Å². The van der Waals surface area contributed by atoms with Gasteiger partial charge in [-0.2, -0.15) is 0 Å². The van der Waals surface area contributed by atoms with Crippen molar-refractivity contribution in [2.75, 3.05) is 13.7 Å². The molecule has 0 saturated carbocycles. The molecule has 1 atom stereocenters. The van der Waals surface area contributed by atoms with Crippen LogP contribution in [0.25, 0.3) is 11.5 Å². The fourth-order valence-electron chi connectivity index (χ4n) is 3.10. The summed E-state index contributed by atoms with van der Waals surface area (Å²) in [5, 5.41) is 2.58. The SMILES string of the molecule is CCCCOc1cc(-c2nc(C(=O)NCc3ccc(F)cc3F)c([C@H](C)N)o2)ccc1OC. The Bertz CT molecular complexity index is 1120. The van der Waals surface area contributed by atoms with E-state index in [0.29, 0.717) is 23.7 Å². The van der Waals surface area contributed by atoms with Crippen LogP contribution in [0, 0.1) is 11.6 Å². The Morgan fingerprint density at radius 2 is 2.00 bits per heavy atom. The van der Waals surface area contributed by atoms with E-state index in [-0.39, 0.29) is 29.5 Å². The van der Waals surface area contributed by atoms with Gasteiger partial charge in [-0.3, -0.25) is 4.79 Å². The second-order valence-electron chi connectivity index (χ2n) is 7.51. The lowest BCUT2D eigenvalue weighted by atomic mass is 10.2. The van der Waals surface area contributed by atoms with E-state index in [1.807, 2.05) is 0 Å². The molecule has 0 bridgehead atoms. The third kappa shape index (κ3) is 5.87. The number of carbonyl (C=O) groups is 1. The maximum absolute atomic E-state index is 13.9. The van der Waals surface area contributed by atoms with E-state index in [4.69, 9.17) is 19.6 Å². The number of benzene rings is 2. The molecule has 3 aromatic rings. The number of nitrogens with two attached hydrogens (primary N) is 1. The molecule has 0 radical (unpaired) electrons. The van der Waals surface area contributed by atoms with Crippen LogP contribution in [0.2, 0.25) is 0 Å². The van der Waals surface area contributed by atoms with Crippen LogP contribution in [0.3, 0.4) is 0 Å². The molecule has 1 heterocycles. The molecule has 3 N–H and O–H groups in total. The molecule has 176 valence electrons. The van der Waals surface area contributed by atoms with Gasteiger partial charge in [-0.15, -0.1) is 0 Å². The summed E-state index contributed by atoms with van der Waals surface area (Å²) in [5.41, 5.74) is 6.70. The van der Waals surface area contributed by atoms with Crippen LogP contribution in [-0.4, -0.2) is 24.6 Å². The molecule has 0 unspecified atom stereocenters. The number of carbonyl (C=O) groups excluding carboxylic acids is 1. The van der Waals surface area contributed by atoms with Crippen molar-refractivity contribution >= 4 is 5.91 Å². The summed E-state index contributed by atoms with van der Waals surface area (Å²) in [6.45, 7) is 4.11. The number of hydrogen-bond donors (Lipinski definition) is 2. The third-order valence-electron chi connectivity index (χ3n) is 4.90. The highest BCUT2D eigenvalue weighted by Gasteiger charge is 2.24. The topological polar surface area (TPSA) is 99.6 Å². The van der Waals surface area contributed by atoms with Crippen molar-refractivity contribution in [1.82, 2.24) is 10.3 Å². The van der Waals surface area contributed by atoms with Gasteiger partial charge in [0.05, 0.1) is 19.8 Å². The van der Waals surface area contributed by atoms with Crippen LogP contribution in [0.15, 0.2) is 40.8 Å². The highest BCUT2D eigenvalue weighted by molar-refractivity contribution is 5.94. The van der Waals surface area contributed by atoms with E-state index < -0.39 is 23.6 Å². The van der Waals surface area contributed by atoms with Gasteiger partial charge in [0.2, 0.25) is 5.89 Å². The Kier molecular flexibility index (Phi) is 8.00. The number of ether oxygens (including phenoxy) is 2.